The lowest BCUT2D eigenvalue weighted by molar-refractivity contribution is -0.144. The number of nitrogens with one attached hydrogen (secondary N) is 2. The number of rotatable bonds is 8. The van der Waals surface area contributed by atoms with Crippen molar-refractivity contribution in [3.63, 3.8) is 0 Å². The van der Waals surface area contributed by atoms with E-state index < -0.39 is 12.0 Å². The van der Waals surface area contributed by atoms with E-state index in [-0.39, 0.29) is 11.6 Å². The summed E-state index contributed by atoms with van der Waals surface area (Å²) in [5, 5.41) is 5.63. The van der Waals surface area contributed by atoms with Crippen LogP contribution in [0.3, 0.4) is 0 Å². The quantitative estimate of drug-likeness (QED) is 0.757. The Morgan fingerprint density at radius 2 is 1.86 bits per heavy atom. The zero-order valence-electron chi connectivity index (χ0n) is 12.7. The van der Waals surface area contributed by atoms with Crippen molar-refractivity contribution < 1.29 is 13.2 Å². The molecule has 0 saturated heterocycles. The number of alkyl halides is 3. The van der Waals surface area contributed by atoms with E-state index in [0.29, 0.717) is 12.5 Å². The van der Waals surface area contributed by atoms with Gasteiger partial charge in [-0.25, -0.2) is 9.97 Å². The highest BCUT2D eigenvalue weighted by Gasteiger charge is 2.35. The van der Waals surface area contributed by atoms with Crippen LogP contribution in [0.4, 0.5) is 24.8 Å². The van der Waals surface area contributed by atoms with Gasteiger partial charge >= 0.3 is 6.18 Å². The molecule has 0 fully saturated rings. The molecule has 0 saturated carbocycles. The Hall–Kier alpha value is -1.53. The normalized spacial score (nSPS) is 13.0. The summed E-state index contributed by atoms with van der Waals surface area (Å²) in [7, 11) is 1.53. The number of unbranched alkanes of at least 4 members (excludes halogenated alkanes) is 1. The third kappa shape index (κ3) is 5.77. The second kappa shape index (κ2) is 8.05. The molecule has 120 valence electrons. The van der Waals surface area contributed by atoms with E-state index in [1.54, 1.807) is 0 Å². The molecule has 0 aromatic carbocycles. The summed E-state index contributed by atoms with van der Waals surface area (Å²) in [5.74, 6) is -0.330. The summed E-state index contributed by atoms with van der Waals surface area (Å²) >= 11 is 0. The summed E-state index contributed by atoms with van der Waals surface area (Å²) < 4.78 is 38.2. The molecule has 1 rings (SSSR count). The molecule has 1 atom stereocenters. The minimum absolute atomic E-state index is 0.154. The van der Waals surface area contributed by atoms with Crippen LogP contribution in [0.15, 0.2) is 6.07 Å². The largest absolute Gasteiger partial charge is 0.451 e. The van der Waals surface area contributed by atoms with Crippen molar-refractivity contribution in [2.24, 2.45) is 5.92 Å². The molecule has 0 aliphatic heterocycles. The first-order valence-corrected chi connectivity index (χ1v) is 7.28. The number of hydrogen-bond acceptors (Lipinski definition) is 4. The molecule has 0 aliphatic carbocycles. The monoisotopic (exact) mass is 304 g/mol. The Morgan fingerprint density at radius 3 is 2.38 bits per heavy atom. The van der Waals surface area contributed by atoms with E-state index in [4.69, 9.17) is 0 Å². The third-order valence-electron chi connectivity index (χ3n) is 3.35. The van der Waals surface area contributed by atoms with Crippen LogP contribution >= 0.6 is 0 Å². The van der Waals surface area contributed by atoms with Crippen LogP contribution in [0.2, 0.25) is 0 Å². The zero-order valence-corrected chi connectivity index (χ0v) is 12.7. The standard InChI is InChI=1S/C14H23F3N4/c1-4-6-7-10(5-2)9-19-12-8-11(18-3)20-13(21-12)14(15,16)17/h8,10H,4-7,9H2,1-3H3,(H2,18,19,20,21). The Labute approximate surface area is 123 Å². The zero-order chi connectivity index (χ0) is 15.9. The Balaban J connectivity index is 2.78. The highest BCUT2D eigenvalue weighted by molar-refractivity contribution is 5.47. The Bertz CT molecular complexity index is 435. The predicted molar refractivity (Wildman–Crippen MR) is 78.4 cm³/mol. The van der Waals surface area contributed by atoms with E-state index in [1.165, 1.54) is 13.1 Å². The lowest BCUT2D eigenvalue weighted by Gasteiger charge is -2.17. The molecule has 1 aromatic rings. The minimum atomic E-state index is -4.55. The molecule has 7 heteroatoms. The molecule has 1 aromatic heterocycles. The number of hydrogen-bond donors (Lipinski definition) is 2. The molecule has 2 N–H and O–H groups in total. The first-order valence-electron chi connectivity index (χ1n) is 7.28. The van der Waals surface area contributed by atoms with Gasteiger partial charge < -0.3 is 10.6 Å². The molecule has 0 amide bonds. The summed E-state index contributed by atoms with van der Waals surface area (Å²) in [4.78, 5) is 6.98. The van der Waals surface area contributed by atoms with Gasteiger partial charge in [-0.2, -0.15) is 13.2 Å². The Morgan fingerprint density at radius 1 is 1.19 bits per heavy atom. The van der Waals surface area contributed by atoms with Crippen LogP contribution in [0.1, 0.15) is 45.4 Å². The number of halogens is 3. The van der Waals surface area contributed by atoms with Gasteiger partial charge in [-0.05, 0) is 12.3 Å². The SMILES string of the molecule is CCCCC(CC)CNc1cc(NC)nc(C(F)(F)F)n1. The predicted octanol–water partition coefficient (Wildman–Crippen LogP) is 4.17. The van der Waals surface area contributed by atoms with Gasteiger partial charge in [0.15, 0.2) is 0 Å². The van der Waals surface area contributed by atoms with Crippen LogP contribution in [-0.2, 0) is 6.18 Å². The van der Waals surface area contributed by atoms with E-state index in [2.05, 4.69) is 34.4 Å². The summed E-state index contributed by atoms with van der Waals surface area (Å²) in [5.41, 5.74) is 0. The van der Waals surface area contributed by atoms with Gasteiger partial charge in [-0.1, -0.05) is 33.1 Å². The maximum Gasteiger partial charge on any atom is 0.451 e. The molecule has 1 heterocycles. The van der Waals surface area contributed by atoms with Crippen LogP contribution in [-0.4, -0.2) is 23.6 Å². The molecule has 0 bridgehead atoms. The van der Waals surface area contributed by atoms with Crippen molar-refractivity contribution >= 4 is 11.6 Å². The third-order valence-corrected chi connectivity index (χ3v) is 3.35. The smallest absolute Gasteiger partial charge is 0.373 e. The van der Waals surface area contributed by atoms with Crippen LogP contribution in [0.25, 0.3) is 0 Å². The van der Waals surface area contributed by atoms with Crippen molar-refractivity contribution in [1.29, 1.82) is 0 Å². The molecule has 21 heavy (non-hydrogen) atoms. The van der Waals surface area contributed by atoms with Gasteiger partial charge in [-0.15, -0.1) is 0 Å². The summed E-state index contributed by atoms with van der Waals surface area (Å²) in [6, 6.07) is 1.49. The lowest BCUT2D eigenvalue weighted by Crippen LogP contribution is -2.18. The minimum Gasteiger partial charge on any atom is -0.373 e. The van der Waals surface area contributed by atoms with Crippen molar-refractivity contribution in [2.45, 2.75) is 45.7 Å². The van der Waals surface area contributed by atoms with Gasteiger partial charge in [0.25, 0.3) is 0 Å². The molecule has 0 spiro atoms. The fourth-order valence-corrected chi connectivity index (χ4v) is 1.98. The number of nitrogens with zero attached hydrogens (tertiary/aromatic N) is 2. The molecular formula is C14H23F3N4. The second-order valence-electron chi connectivity index (χ2n) is 5.01. The molecule has 0 radical (unpaired) electrons. The lowest BCUT2D eigenvalue weighted by atomic mass is 9.99. The molecule has 4 nitrogen and oxygen atoms in total. The van der Waals surface area contributed by atoms with E-state index in [0.717, 1.165) is 25.7 Å². The highest BCUT2D eigenvalue weighted by Crippen LogP contribution is 2.28. The maximum atomic E-state index is 12.7. The van der Waals surface area contributed by atoms with Gasteiger partial charge in [-0.3, -0.25) is 0 Å². The van der Waals surface area contributed by atoms with Gasteiger partial charge in [0.1, 0.15) is 11.6 Å². The van der Waals surface area contributed by atoms with Crippen molar-refractivity contribution in [3.05, 3.63) is 11.9 Å². The van der Waals surface area contributed by atoms with Crippen molar-refractivity contribution in [1.82, 2.24) is 9.97 Å². The first kappa shape index (κ1) is 17.5. The van der Waals surface area contributed by atoms with E-state index >= 15 is 0 Å². The van der Waals surface area contributed by atoms with Crippen LogP contribution in [0, 0.1) is 5.92 Å². The Kier molecular flexibility index (Phi) is 6.71. The number of aromatic nitrogens is 2. The van der Waals surface area contributed by atoms with E-state index in [9.17, 15) is 13.2 Å². The van der Waals surface area contributed by atoms with Crippen molar-refractivity contribution in [2.75, 3.05) is 24.2 Å². The average Bonchev–Trinajstić information content (AvgIpc) is 2.46. The van der Waals surface area contributed by atoms with Gasteiger partial charge in [0.05, 0.1) is 0 Å². The molecule has 0 aliphatic rings. The van der Waals surface area contributed by atoms with Gasteiger partial charge in [0, 0.05) is 19.7 Å². The second-order valence-corrected chi connectivity index (χ2v) is 5.01. The fraction of sp³-hybridized carbons (Fsp3) is 0.714. The topological polar surface area (TPSA) is 49.8 Å². The van der Waals surface area contributed by atoms with E-state index in [1.807, 2.05) is 0 Å². The van der Waals surface area contributed by atoms with Crippen LogP contribution in [0.5, 0.6) is 0 Å². The molecular weight excluding hydrogens is 281 g/mol. The first-order chi connectivity index (χ1) is 9.90. The summed E-state index contributed by atoms with van der Waals surface area (Å²) in [6.45, 7) is 4.83. The fourth-order valence-electron chi connectivity index (χ4n) is 1.98. The maximum absolute atomic E-state index is 12.7. The van der Waals surface area contributed by atoms with Crippen LogP contribution < -0.4 is 10.6 Å². The highest BCUT2D eigenvalue weighted by atomic mass is 19.4. The van der Waals surface area contributed by atoms with Crippen molar-refractivity contribution in [3.8, 4) is 0 Å². The average molecular weight is 304 g/mol. The van der Waals surface area contributed by atoms with Gasteiger partial charge in [0.2, 0.25) is 5.82 Å². The number of anilines is 2. The molecule has 1 unspecified atom stereocenters. The summed E-state index contributed by atoms with van der Waals surface area (Å²) in [6.07, 6.45) is -0.249.